The molecule has 0 aromatic carbocycles. The van der Waals surface area contributed by atoms with Crippen molar-refractivity contribution in [1.29, 1.82) is 0 Å². The first-order chi connectivity index (χ1) is 11.9. The maximum absolute atomic E-state index is 11.8. The summed E-state index contributed by atoms with van der Waals surface area (Å²) in [5.74, 6) is 0.396. The largest absolute Gasteiger partial charge is 0.459 e. The summed E-state index contributed by atoms with van der Waals surface area (Å²) in [5, 5.41) is 14.1. The molecule has 5 nitrogen and oxygen atoms in total. The highest BCUT2D eigenvalue weighted by molar-refractivity contribution is 5.91. The Labute approximate surface area is 148 Å². The topological polar surface area (TPSA) is 68.1 Å². The first-order valence-corrected chi connectivity index (χ1v) is 9.29. The lowest BCUT2D eigenvalue weighted by Crippen LogP contribution is -2.55. The van der Waals surface area contributed by atoms with Crippen LogP contribution in [0, 0.1) is 22.7 Å². The van der Waals surface area contributed by atoms with Gasteiger partial charge in [0.25, 0.3) is 0 Å². The van der Waals surface area contributed by atoms with E-state index >= 15 is 0 Å². The van der Waals surface area contributed by atoms with Gasteiger partial charge in [-0.3, -0.25) is 0 Å². The molecule has 0 bridgehead atoms. The van der Waals surface area contributed by atoms with E-state index in [0.717, 1.165) is 32.1 Å². The Bertz CT molecular complexity index is 669. The predicted octanol–water partition coefficient (Wildman–Crippen LogP) is 2.99. The number of aliphatic hydroxyl groups excluding tert-OH is 1. The van der Waals surface area contributed by atoms with Crippen molar-refractivity contribution in [2.45, 2.75) is 58.2 Å². The van der Waals surface area contributed by atoms with Gasteiger partial charge in [0.1, 0.15) is 18.8 Å². The smallest absolute Gasteiger partial charge is 0.336 e. The molecule has 6 atom stereocenters. The number of esters is 1. The molecule has 1 N–H and O–H groups in total. The van der Waals surface area contributed by atoms with Crippen molar-refractivity contribution in [3.05, 3.63) is 23.8 Å². The Morgan fingerprint density at radius 3 is 2.96 bits per heavy atom. The number of carbonyl (C=O) groups excluding carboxylic acids is 1. The Kier molecular flexibility index (Phi) is 3.83. The second-order valence-corrected chi connectivity index (χ2v) is 8.55. The molecule has 0 amide bonds. The third kappa shape index (κ3) is 2.39. The molecular weight excluding hydrogens is 318 g/mol. The van der Waals surface area contributed by atoms with Crippen molar-refractivity contribution < 1.29 is 19.5 Å². The number of hydrogen-bond donors (Lipinski definition) is 1. The molecule has 4 rings (SSSR count). The third-order valence-corrected chi connectivity index (χ3v) is 7.29. The molecule has 1 unspecified atom stereocenters. The van der Waals surface area contributed by atoms with E-state index in [1.165, 1.54) is 5.57 Å². The molecule has 0 radical (unpaired) electrons. The van der Waals surface area contributed by atoms with Crippen LogP contribution in [0.5, 0.6) is 0 Å². The average molecular weight is 345 g/mol. The zero-order valence-corrected chi connectivity index (χ0v) is 15.0. The number of oxime groups is 1. The second-order valence-electron chi connectivity index (χ2n) is 8.55. The summed E-state index contributed by atoms with van der Waals surface area (Å²) in [6.45, 7) is 9.06. The van der Waals surface area contributed by atoms with Gasteiger partial charge in [0.15, 0.2) is 0 Å². The third-order valence-electron chi connectivity index (χ3n) is 7.29. The van der Waals surface area contributed by atoms with E-state index in [4.69, 9.17) is 9.57 Å². The Morgan fingerprint density at radius 1 is 1.44 bits per heavy atom. The number of ether oxygens (including phenoxy) is 1. The molecule has 4 aliphatic rings. The molecule has 2 saturated carbocycles. The number of fused-ring (bicyclic) bond motifs is 3. The van der Waals surface area contributed by atoms with Gasteiger partial charge >= 0.3 is 5.97 Å². The molecule has 3 fully saturated rings. The number of rotatable bonds is 2. The van der Waals surface area contributed by atoms with Crippen molar-refractivity contribution in [3.8, 4) is 0 Å². The SMILES string of the molecule is C=C1CC[C@@H]2[C@]3(C)C=NO[C@@H]3CC[C@@]2(C)[C@@H]1CC=C1C(=O)OCC1O. The van der Waals surface area contributed by atoms with Crippen LogP contribution in [0.3, 0.4) is 0 Å². The van der Waals surface area contributed by atoms with Crippen molar-refractivity contribution in [2.24, 2.45) is 27.8 Å². The minimum Gasteiger partial charge on any atom is -0.459 e. The predicted molar refractivity (Wildman–Crippen MR) is 93.8 cm³/mol. The lowest BCUT2D eigenvalue weighted by molar-refractivity contribution is -0.135. The van der Waals surface area contributed by atoms with E-state index in [1.54, 1.807) is 0 Å². The highest BCUT2D eigenvalue weighted by Gasteiger charge is 2.59. The monoisotopic (exact) mass is 345 g/mol. The highest BCUT2D eigenvalue weighted by Crippen LogP contribution is 2.62. The number of carbonyl (C=O) groups is 1. The number of aliphatic hydroxyl groups is 1. The van der Waals surface area contributed by atoms with Gasteiger partial charge in [-0.2, -0.15) is 0 Å². The standard InChI is InChI=1S/C20H27NO4/c1-12-4-7-16-19(2,9-8-17-20(16,3)11-21-25-17)14(12)6-5-13-15(22)10-24-18(13)23/h5,11,14-17,22H,1,4,6-10H2,2-3H3/t14-,15?,16+,17-,19+,20+/m1/s1. The van der Waals surface area contributed by atoms with Gasteiger partial charge in [-0.1, -0.05) is 37.2 Å². The van der Waals surface area contributed by atoms with E-state index < -0.39 is 6.10 Å². The van der Waals surface area contributed by atoms with Gasteiger partial charge in [-0.05, 0) is 49.4 Å². The molecule has 0 aromatic rings. The van der Waals surface area contributed by atoms with Crippen LogP contribution in [0.4, 0.5) is 0 Å². The highest BCUT2D eigenvalue weighted by atomic mass is 16.6. The van der Waals surface area contributed by atoms with Crippen LogP contribution in [0.1, 0.15) is 46.0 Å². The first-order valence-electron chi connectivity index (χ1n) is 9.29. The lowest BCUT2D eigenvalue weighted by atomic mass is 9.46. The number of cyclic esters (lactones) is 1. The van der Waals surface area contributed by atoms with E-state index in [1.807, 2.05) is 12.3 Å². The van der Waals surface area contributed by atoms with Gasteiger partial charge in [0.2, 0.25) is 0 Å². The lowest BCUT2D eigenvalue weighted by Gasteiger charge is -2.57. The molecule has 0 aromatic heterocycles. The normalized spacial score (nSPS) is 47.4. The van der Waals surface area contributed by atoms with Crippen LogP contribution in [-0.4, -0.2) is 36.1 Å². The minimum atomic E-state index is -0.795. The van der Waals surface area contributed by atoms with Gasteiger partial charge in [0.05, 0.1) is 11.8 Å². The van der Waals surface area contributed by atoms with Crippen LogP contribution in [0.25, 0.3) is 0 Å². The molecular formula is C20H27NO4. The van der Waals surface area contributed by atoms with Gasteiger partial charge in [-0.25, -0.2) is 4.79 Å². The Hall–Kier alpha value is -1.62. The maximum Gasteiger partial charge on any atom is 0.336 e. The van der Waals surface area contributed by atoms with Crippen molar-refractivity contribution in [3.63, 3.8) is 0 Å². The molecule has 25 heavy (non-hydrogen) atoms. The van der Waals surface area contributed by atoms with E-state index in [9.17, 15) is 9.90 Å². The van der Waals surface area contributed by atoms with Crippen LogP contribution in [0.2, 0.25) is 0 Å². The molecule has 1 saturated heterocycles. The number of hydrogen-bond acceptors (Lipinski definition) is 5. The maximum atomic E-state index is 11.8. The van der Waals surface area contributed by atoms with Gasteiger partial charge in [-0.15, -0.1) is 0 Å². The van der Waals surface area contributed by atoms with E-state index in [0.29, 0.717) is 17.4 Å². The number of allylic oxidation sites excluding steroid dienone is 2. The average Bonchev–Trinajstić information content (AvgIpc) is 3.10. The Balaban J connectivity index is 1.63. The zero-order valence-electron chi connectivity index (χ0n) is 15.0. The summed E-state index contributed by atoms with van der Waals surface area (Å²) in [6.07, 6.45) is 8.19. The molecule has 2 heterocycles. The van der Waals surface area contributed by atoms with Crippen molar-refractivity contribution >= 4 is 12.2 Å². The number of nitrogens with zero attached hydrogens (tertiary/aromatic N) is 1. The van der Waals surface area contributed by atoms with E-state index in [2.05, 4.69) is 25.6 Å². The fourth-order valence-corrected chi connectivity index (χ4v) is 5.81. The molecule has 136 valence electrons. The minimum absolute atomic E-state index is 0.0229. The van der Waals surface area contributed by atoms with Crippen LogP contribution in [-0.2, 0) is 14.4 Å². The van der Waals surface area contributed by atoms with Crippen molar-refractivity contribution in [1.82, 2.24) is 0 Å². The fourth-order valence-electron chi connectivity index (χ4n) is 5.81. The van der Waals surface area contributed by atoms with Crippen LogP contribution in [0.15, 0.2) is 29.0 Å². The molecule has 0 spiro atoms. The summed E-state index contributed by atoms with van der Waals surface area (Å²) in [5.41, 5.74) is 1.74. The quantitative estimate of drug-likeness (QED) is 0.475. The molecule has 2 aliphatic carbocycles. The van der Waals surface area contributed by atoms with Crippen LogP contribution >= 0.6 is 0 Å². The zero-order chi connectivity index (χ0) is 17.8. The van der Waals surface area contributed by atoms with Gasteiger partial charge in [0, 0.05) is 5.41 Å². The summed E-state index contributed by atoms with van der Waals surface area (Å²) in [7, 11) is 0. The summed E-state index contributed by atoms with van der Waals surface area (Å²) < 4.78 is 4.94. The Morgan fingerprint density at radius 2 is 2.24 bits per heavy atom. The summed E-state index contributed by atoms with van der Waals surface area (Å²) in [6, 6.07) is 0. The van der Waals surface area contributed by atoms with Gasteiger partial charge < -0.3 is 14.7 Å². The summed E-state index contributed by atoms with van der Waals surface area (Å²) >= 11 is 0. The first kappa shape index (κ1) is 16.8. The fraction of sp³-hybridized carbons (Fsp3) is 0.700. The molecule has 5 heteroatoms. The van der Waals surface area contributed by atoms with Crippen LogP contribution < -0.4 is 0 Å². The van der Waals surface area contributed by atoms with Crippen molar-refractivity contribution in [2.75, 3.05) is 6.61 Å². The second kappa shape index (κ2) is 5.70. The van der Waals surface area contributed by atoms with E-state index in [-0.39, 0.29) is 29.5 Å². The molecule has 2 aliphatic heterocycles. The summed E-state index contributed by atoms with van der Waals surface area (Å²) in [4.78, 5) is 17.4.